The highest BCUT2D eigenvalue weighted by atomic mass is 35.5. The molecule has 6 heteroatoms. The van der Waals surface area contributed by atoms with Gasteiger partial charge in [-0.2, -0.15) is 0 Å². The highest BCUT2D eigenvalue weighted by molar-refractivity contribution is 8.00. The Labute approximate surface area is 95.1 Å². The number of thioether (sulfide) groups is 1. The number of halogens is 1. The number of hydrogen-bond donors (Lipinski definition) is 0. The smallest absolute Gasteiger partial charge is 0.0948 e. The number of hydrogen-bond acceptors (Lipinski definition) is 4. The largest absolute Gasteiger partial charge is 0.410 e. The third kappa shape index (κ3) is 1.49. The molecular formula is C8H9ClN3S2+. The minimum Gasteiger partial charge on any atom is -0.0948 e. The van der Waals surface area contributed by atoms with Crippen LogP contribution >= 0.6 is 34.7 Å². The average Bonchev–Trinajstić information content (AvgIpc) is 2.57. The van der Waals surface area contributed by atoms with E-state index in [0.29, 0.717) is 5.02 Å². The Kier molecular flexibility index (Phi) is 2.64. The molecule has 74 valence electrons. The van der Waals surface area contributed by atoms with E-state index in [1.807, 2.05) is 20.1 Å². The monoisotopic (exact) mass is 246 g/mol. The van der Waals surface area contributed by atoms with Crippen molar-refractivity contribution < 1.29 is 4.52 Å². The van der Waals surface area contributed by atoms with Gasteiger partial charge in [0.05, 0.1) is 0 Å². The van der Waals surface area contributed by atoms with Crippen LogP contribution in [0.15, 0.2) is 4.34 Å². The van der Waals surface area contributed by atoms with Crippen LogP contribution < -0.4 is 4.52 Å². The van der Waals surface area contributed by atoms with Crippen LogP contribution in [-0.4, -0.2) is 16.3 Å². The second-order valence-electron chi connectivity index (χ2n) is 2.86. The molecule has 3 nitrogen and oxygen atoms in total. The second-order valence-corrected chi connectivity index (χ2v) is 5.25. The van der Waals surface area contributed by atoms with Crippen LogP contribution in [-0.2, 0) is 0 Å². The quantitative estimate of drug-likeness (QED) is 0.571. The fourth-order valence-corrected chi connectivity index (χ4v) is 2.75. The Hall–Kier alpha value is -0.390. The predicted molar refractivity (Wildman–Crippen MR) is 59.3 cm³/mol. The van der Waals surface area contributed by atoms with Crippen molar-refractivity contribution in [1.82, 2.24) is 10.1 Å². The molecule has 14 heavy (non-hydrogen) atoms. The lowest BCUT2D eigenvalue weighted by atomic mass is 10.3. The molecule has 2 aromatic heterocycles. The molecule has 0 fully saturated rings. The van der Waals surface area contributed by atoms with E-state index >= 15 is 0 Å². The minimum atomic E-state index is 0.695. The second kappa shape index (κ2) is 3.64. The van der Waals surface area contributed by atoms with Crippen molar-refractivity contribution in [2.24, 2.45) is 0 Å². The Bertz CT molecular complexity index is 495. The first-order valence-electron chi connectivity index (χ1n) is 4.03. The van der Waals surface area contributed by atoms with Gasteiger partial charge in [0.2, 0.25) is 4.34 Å². The van der Waals surface area contributed by atoms with Crippen molar-refractivity contribution in [1.29, 1.82) is 0 Å². The van der Waals surface area contributed by atoms with Crippen LogP contribution in [0.1, 0.15) is 11.4 Å². The molecule has 0 aliphatic heterocycles. The minimum absolute atomic E-state index is 0.695. The standard InChI is InChI=1S/C8H9ClN3S2/c1-4-6(9)5(2)12-7(10-4)14-8(11-12)13-3/h1-3H3/q+1. The summed E-state index contributed by atoms with van der Waals surface area (Å²) in [5, 5.41) is 5.08. The lowest BCUT2D eigenvalue weighted by Crippen LogP contribution is -2.29. The van der Waals surface area contributed by atoms with Gasteiger partial charge in [-0.3, -0.25) is 0 Å². The Morgan fingerprint density at radius 3 is 2.79 bits per heavy atom. The van der Waals surface area contributed by atoms with Crippen molar-refractivity contribution in [3.63, 3.8) is 0 Å². The number of nitrogens with zero attached hydrogens (tertiary/aromatic N) is 3. The summed E-state index contributed by atoms with van der Waals surface area (Å²) < 4.78 is 2.80. The molecule has 0 amide bonds. The topological polar surface area (TPSA) is 29.9 Å². The van der Waals surface area contributed by atoms with Gasteiger partial charge in [-0.1, -0.05) is 33.0 Å². The van der Waals surface area contributed by atoms with Gasteiger partial charge in [0, 0.05) is 13.8 Å². The summed E-state index contributed by atoms with van der Waals surface area (Å²) in [6, 6.07) is 0. The van der Waals surface area contributed by atoms with Gasteiger partial charge in [0.25, 0.3) is 0 Å². The van der Waals surface area contributed by atoms with E-state index in [2.05, 4.69) is 10.1 Å². The van der Waals surface area contributed by atoms with E-state index in [9.17, 15) is 0 Å². The Morgan fingerprint density at radius 1 is 1.43 bits per heavy atom. The number of aryl methyl sites for hydroxylation is 2. The van der Waals surface area contributed by atoms with Crippen LogP contribution in [0.4, 0.5) is 0 Å². The zero-order chi connectivity index (χ0) is 10.3. The van der Waals surface area contributed by atoms with Gasteiger partial charge in [0.1, 0.15) is 5.02 Å². The molecule has 0 saturated heterocycles. The van der Waals surface area contributed by atoms with Crippen LogP contribution in [0.2, 0.25) is 5.02 Å². The summed E-state index contributed by atoms with van der Waals surface area (Å²) in [6.45, 7) is 3.86. The van der Waals surface area contributed by atoms with E-state index in [4.69, 9.17) is 11.6 Å². The Morgan fingerprint density at radius 2 is 2.14 bits per heavy atom. The molecule has 2 rings (SSSR count). The van der Waals surface area contributed by atoms with E-state index in [1.165, 1.54) is 0 Å². The first-order valence-corrected chi connectivity index (χ1v) is 6.45. The highest BCUT2D eigenvalue weighted by Gasteiger charge is 2.20. The summed E-state index contributed by atoms with van der Waals surface area (Å²) in [5.41, 5.74) is 1.81. The summed E-state index contributed by atoms with van der Waals surface area (Å²) in [5.74, 6) is 0. The molecule has 0 radical (unpaired) electrons. The maximum Gasteiger partial charge on any atom is 0.410 e. The highest BCUT2D eigenvalue weighted by Crippen LogP contribution is 2.22. The first-order chi connectivity index (χ1) is 6.63. The molecule has 2 aromatic rings. The molecule has 2 heterocycles. The fourth-order valence-electron chi connectivity index (χ4n) is 1.18. The van der Waals surface area contributed by atoms with Crippen molar-refractivity contribution in [3.05, 3.63) is 16.4 Å². The molecular weight excluding hydrogens is 238 g/mol. The molecule has 0 aromatic carbocycles. The van der Waals surface area contributed by atoms with Crippen LogP contribution in [0.5, 0.6) is 0 Å². The van der Waals surface area contributed by atoms with Crippen LogP contribution in [0.3, 0.4) is 0 Å². The molecule has 0 unspecified atom stereocenters. The average molecular weight is 247 g/mol. The SMILES string of the molecule is CSc1n[n+]2c(C)c(Cl)c(C)nc2s1. The number of aromatic nitrogens is 3. The molecule has 0 saturated carbocycles. The van der Waals surface area contributed by atoms with Crippen molar-refractivity contribution in [2.45, 2.75) is 18.2 Å². The molecule has 0 atom stereocenters. The molecule has 0 spiro atoms. The summed E-state index contributed by atoms with van der Waals surface area (Å²) in [7, 11) is 0. The molecule has 0 bridgehead atoms. The van der Waals surface area contributed by atoms with E-state index in [1.54, 1.807) is 27.6 Å². The van der Waals surface area contributed by atoms with Gasteiger partial charge < -0.3 is 0 Å². The molecule has 0 N–H and O–H groups in total. The summed E-state index contributed by atoms with van der Waals surface area (Å²) >= 11 is 9.28. The van der Waals surface area contributed by atoms with E-state index < -0.39 is 0 Å². The van der Waals surface area contributed by atoms with Gasteiger partial charge in [-0.25, -0.2) is 0 Å². The summed E-state index contributed by atoms with van der Waals surface area (Å²) in [6.07, 6.45) is 2.00. The Balaban J connectivity index is 2.81. The number of rotatable bonds is 1. The maximum absolute atomic E-state index is 6.08. The zero-order valence-corrected chi connectivity index (χ0v) is 10.4. The van der Waals surface area contributed by atoms with Crippen LogP contribution in [0.25, 0.3) is 4.96 Å². The van der Waals surface area contributed by atoms with Crippen molar-refractivity contribution >= 4 is 39.7 Å². The predicted octanol–water partition coefficient (Wildman–Crippen LogP) is 2.27. The molecule has 0 aliphatic carbocycles. The molecule has 0 aliphatic rings. The normalized spacial score (nSPS) is 11.1. The van der Waals surface area contributed by atoms with Crippen molar-refractivity contribution in [2.75, 3.05) is 6.26 Å². The zero-order valence-electron chi connectivity index (χ0n) is 8.04. The van der Waals surface area contributed by atoms with Gasteiger partial charge in [-0.05, 0) is 22.6 Å². The number of fused-ring (bicyclic) bond motifs is 1. The fraction of sp³-hybridized carbons (Fsp3) is 0.375. The van der Waals surface area contributed by atoms with Crippen LogP contribution in [0, 0.1) is 13.8 Å². The maximum atomic E-state index is 6.08. The first kappa shape index (κ1) is 10.1. The van der Waals surface area contributed by atoms with Gasteiger partial charge in [0.15, 0.2) is 11.4 Å². The third-order valence-electron chi connectivity index (χ3n) is 1.93. The lowest BCUT2D eigenvalue weighted by molar-refractivity contribution is -0.588. The third-order valence-corrected chi connectivity index (χ3v) is 4.36. The van der Waals surface area contributed by atoms with Crippen molar-refractivity contribution in [3.8, 4) is 0 Å². The van der Waals surface area contributed by atoms with Gasteiger partial charge >= 0.3 is 4.96 Å². The van der Waals surface area contributed by atoms with Gasteiger partial charge in [-0.15, -0.1) is 0 Å². The summed E-state index contributed by atoms with van der Waals surface area (Å²) in [4.78, 5) is 5.28. The van der Waals surface area contributed by atoms with E-state index in [0.717, 1.165) is 20.7 Å². The van der Waals surface area contributed by atoms with E-state index in [-0.39, 0.29) is 0 Å². The lowest BCUT2D eigenvalue weighted by Gasteiger charge is -1.92.